The fourth-order valence-electron chi connectivity index (χ4n) is 4.43. The second kappa shape index (κ2) is 9.62. The van der Waals surface area contributed by atoms with Crippen LogP contribution in [-0.2, 0) is 11.3 Å². The van der Waals surface area contributed by atoms with E-state index in [2.05, 4.69) is 54.8 Å². The normalized spacial score (nSPS) is 20.0. The lowest BCUT2D eigenvalue weighted by Gasteiger charge is -2.31. The molecule has 2 heterocycles. The number of amides is 1. The molecule has 0 saturated carbocycles. The van der Waals surface area contributed by atoms with Gasteiger partial charge in [0, 0.05) is 38.0 Å². The molecule has 1 aromatic carbocycles. The summed E-state index contributed by atoms with van der Waals surface area (Å²) in [6, 6.07) is 12.9. The summed E-state index contributed by atoms with van der Waals surface area (Å²) in [5, 5.41) is 0. The molecule has 1 amide bonds. The van der Waals surface area contributed by atoms with Gasteiger partial charge in [0.15, 0.2) is 0 Å². The molecule has 1 aromatic heterocycles. The molecule has 29 heavy (non-hydrogen) atoms. The average Bonchev–Trinajstić information content (AvgIpc) is 3.31. The summed E-state index contributed by atoms with van der Waals surface area (Å²) in [5.41, 5.74) is 2.66. The second-order valence-corrected chi connectivity index (χ2v) is 9.34. The molecule has 4 nitrogen and oxygen atoms in total. The van der Waals surface area contributed by atoms with Crippen molar-refractivity contribution in [1.82, 2.24) is 9.80 Å². The van der Waals surface area contributed by atoms with Crippen LogP contribution in [0.5, 0.6) is 0 Å². The first-order valence-electron chi connectivity index (χ1n) is 10.9. The smallest absolute Gasteiger partial charge is 0.225 e. The molecule has 3 rings (SSSR count). The van der Waals surface area contributed by atoms with Crippen molar-refractivity contribution in [3.05, 3.63) is 59.5 Å². The lowest BCUT2D eigenvalue weighted by Crippen LogP contribution is -2.41. The Hall–Kier alpha value is -2.07. The van der Waals surface area contributed by atoms with Gasteiger partial charge < -0.3 is 9.32 Å². The van der Waals surface area contributed by atoms with Gasteiger partial charge in [0.25, 0.3) is 0 Å². The van der Waals surface area contributed by atoms with Crippen LogP contribution in [0, 0.1) is 24.7 Å². The SMILES string of the molecule is Cc1ccc([C@@H]2CN(Cc3ccco3)C[C@@H]2CN(CC(C)C)C(=O)C(C)C)cc1. The highest BCUT2D eigenvalue weighted by Crippen LogP contribution is 2.34. The van der Waals surface area contributed by atoms with Gasteiger partial charge in [-0.1, -0.05) is 57.5 Å². The predicted molar refractivity (Wildman–Crippen MR) is 118 cm³/mol. The van der Waals surface area contributed by atoms with Crippen molar-refractivity contribution in [3.8, 4) is 0 Å². The Morgan fingerprint density at radius 2 is 1.86 bits per heavy atom. The van der Waals surface area contributed by atoms with Crippen LogP contribution in [0.25, 0.3) is 0 Å². The van der Waals surface area contributed by atoms with Crippen LogP contribution in [0.1, 0.15) is 50.5 Å². The summed E-state index contributed by atoms with van der Waals surface area (Å²) >= 11 is 0. The fourth-order valence-corrected chi connectivity index (χ4v) is 4.43. The molecule has 2 aromatic rings. The van der Waals surface area contributed by atoms with E-state index < -0.39 is 0 Å². The number of hydrogen-bond acceptors (Lipinski definition) is 3. The minimum atomic E-state index is 0.0344. The number of likely N-dealkylation sites (tertiary alicyclic amines) is 1. The van der Waals surface area contributed by atoms with Crippen LogP contribution in [0.2, 0.25) is 0 Å². The van der Waals surface area contributed by atoms with Crippen molar-refractivity contribution < 1.29 is 9.21 Å². The summed E-state index contributed by atoms with van der Waals surface area (Å²) in [7, 11) is 0. The Kier molecular flexibility index (Phi) is 7.18. The summed E-state index contributed by atoms with van der Waals surface area (Å²) in [6.45, 7) is 15.0. The Morgan fingerprint density at radius 3 is 2.45 bits per heavy atom. The van der Waals surface area contributed by atoms with E-state index in [1.165, 1.54) is 11.1 Å². The highest BCUT2D eigenvalue weighted by molar-refractivity contribution is 5.78. The fraction of sp³-hybridized carbons (Fsp3) is 0.560. The van der Waals surface area contributed by atoms with Crippen LogP contribution < -0.4 is 0 Å². The van der Waals surface area contributed by atoms with Crippen molar-refractivity contribution in [2.45, 2.75) is 47.1 Å². The first-order valence-corrected chi connectivity index (χ1v) is 10.9. The van der Waals surface area contributed by atoms with Gasteiger partial charge in [-0.15, -0.1) is 0 Å². The molecule has 0 spiro atoms. The Balaban J connectivity index is 1.80. The van der Waals surface area contributed by atoms with Gasteiger partial charge in [0.05, 0.1) is 12.8 Å². The zero-order chi connectivity index (χ0) is 21.0. The summed E-state index contributed by atoms with van der Waals surface area (Å²) < 4.78 is 5.58. The van der Waals surface area contributed by atoms with Crippen molar-refractivity contribution in [1.29, 1.82) is 0 Å². The maximum Gasteiger partial charge on any atom is 0.225 e. The third kappa shape index (κ3) is 5.72. The first kappa shape index (κ1) is 21.6. The van der Waals surface area contributed by atoms with Crippen molar-refractivity contribution in [2.75, 3.05) is 26.2 Å². The van der Waals surface area contributed by atoms with E-state index in [4.69, 9.17) is 4.42 Å². The van der Waals surface area contributed by atoms with E-state index in [0.717, 1.165) is 38.5 Å². The Bertz CT molecular complexity index is 765. The molecule has 1 fully saturated rings. The minimum Gasteiger partial charge on any atom is -0.468 e. The van der Waals surface area contributed by atoms with Crippen LogP contribution in [0.3, 0.4) is 0 Å². The van der Waals surface area contributed by atoms with Crippen molar-refractivity contribution in [2.24, 2.45) is 17.8 Å². The third-order valence-corrected chi connectivity index (χ3v) is 5.83. The van der Waals surface area contributed by atoms with Crippen LogP contribution >= 0.6 is 0 Å². The zero-order valence-electron chi connectivity index (χ0n) is 18.6. The lowest BCUT2D eigenvalue weighted by molar-refractivity contribution is -0.135. The molecular formula is C25H36N2O2. The molecule has 0 N–H and O–H groups in total. The van der Waals surface area contributed by atoms with Gasteiger partial charge in [0.1, 0.15) is 5.76 Å². The topological polar surface area (TPSA) is 36.7 Å². The predicted octanol–water partition coefficient (Wildman–Crippen LogP) is 4.94. The van der Waals surface area contributed by atoms with Crippen molar-refractivity contribution in [3.63, 3.8) is 0 Å². The summed E-state index contributed by atoms with van der Waals surface area (Å²) in [5.74, 6) is 2.63. The molecule has 0 bridgehead atoms. The summed E-state index contributed by atoms with van der Waals surface area (Å²) in [4.78, 5) is 17.5. The maximum absolute atomic E-state index is 12.9. The van der Waals surface area contributed by atoms with Gasteiger partial charge in [0.2, 0.25) is 5.91 Å². The van der Waals surface area contributed by atoms with Gasteiger partial charge in [-0.2, -0.15) is 0 Å². The van der Waals surface area contributed by atoms with E-state index >= 15 is 0 Å². The molecule has 0 radical (unpaired) electrons. The monoisotopic (exact) mass is 396 g/mol. The third-order valence-electron chi connectivity index (χ3n) is 5.83. The van der Waals surface area contributed by atoms with E-state index in [9.17, 15) is 4.79 Å². The highest BCUT2D eigenvalue weighted by Gasteiger charge is 2.36. The molecular weight excluding hydrogens is 360 g/mol. The van der Waals surface area contributed by atoms with Crippen molar-refractivity contribution >= 4 is 5.91 Å². The number of nitrogens with zero attached hydrogens (tertiary/aromatic N) is 2. The highest BCUT2D eigenvalue weighted by atomic mass is 16.3. The second-order valence-electron chi connectivity index (χ2n) is 9.34. The number of hydrogen-bond donors (Lipinski definition) is 0. The molecule has 0 unspecified atom stereocenters. The van der Waals surface area contributed by atoms with Crippen LogP contribution in [0.4, 0.5) is 0 Å². The molecule has 1 aliphatic rings. The van der Waals surface area contributed by atoms with Crippen LogP contribution in [-0.4, -0.2) is 41.9 Å². The van der Waals surface area contributed by atoms with Crippen LogP contribution in [0.15, 0.2) is 47.1 Å². The zero-order valence-corrected chi connectivity index (χ0v) is 18.6. The standard InChI is InChI=1S/C25H36N2O2/c1-18(2)13-27(25(28)19(3)4)15-22-14-26(16-23-7-6-12-29-23)17-24(22)21-10-8-20(5)9-11-21/h6-12,18-19,22,24H,13-17H2,1-5H3/t22-,24+/m1/s1. The molecule has 1 aliphatic heterocycles. The minimum absolute atomic E-state index is 0.0344. The molecule has 1 saturated heterocycles. The number of rotatable bonds is 8. The quantitative estimate of drug-likeness (QED) is 0.634. The summed E-state index contributed by atoms with van der Waals surface area (Å²) in [6.07, 6.45) is 1.74. The van der Waals surface area contributed by atoms with E-state index in [-0.39, 0.29) is 11.8 Å². The number of furan rings is 1. The first-order chi connectivity index (χ1) is 13.8. The number of carbonyl (C=O) groups excluding carboxylic acids is 1. The molecule has 158 valence electrons. The largest absolute Gasteiger partial charge is 0.468 e. The van der Waals surface area contributed by atoms with Gasteiger partial charge in [-0.05, 0) is 36.5 Å². The van der Waals surface area contributed by atoms with Gasteiger partial charge >= 0.3 is 0 Å². The molecule has 2 atom stereocenters. The number of aryl methyl sites for hydroxylation is 1. The number of carbonyl (C=O) groups is 1. The average molecular weight is 397 g/mol. The van der Waals surface area contributed by atoms with E-state index in [1.807, 2.05) is 26.0 Å². The van der Waals surface area contributed by atoms with E-state index in [1.54, 1.807) is 6.26 Å². The van der Waals surface area contributed by atoms with Gasteiger partial charge in [-0.25, -0.2) is 0 Å². The molecule has 0 aliphatic carbocycles. The van der Waals surface area contributed by atoms with Gasteiger partial charge in [-0.3, -0.25) is 9.69 Å². The molecule has 4 heteroatoms. The Morgan fingerprint density at radius 1 is 1.14 bits per heavy atom. The maximum atomic E-state index is 12.9. The van der Waals surface area contributed by atoms with E-state index in [0.29, 0.717) is 17.8 Å². The Labute approximate surface area is 175 Å². The number of benzene rings is 1. The lowest BCUT2D eigenvalue weighted by atomic mass is 9.88.